The van der Waals surface area contributed by atoms with E-state index < -0.39 is 11.3 Å². The van der Waals surface area contributed by atoms with Crippen LogP contribution in [-0.4, -0.2) is 10.2 Å². The normalized spacial score (nSPS) is 11.2. The minimum absolute atomic E-state index is 0.149. The van der Waals surface area contributed by atoms with Crippen LogP contribution >= 0.6 is 0 Å². The molecule has 0 bridgehead atoms. The molecule has 118 valence electrons. The van der Waals surface area contributed by atoms with Gasteiger partial charge in [-0.15, -0.1) is 0 Å². The third-order valence-corrected chi connectivity index (χ3v) is 3.77. The van der Waals surface area contributed by atoms with Crippen LogP contribution in [0.25, 0.3) is 33.1 Å². The van der Waals surface area contributed by atoms with E-state index in [2.05, 4.69) is 0 Å². The Kier molecular flexibility index (Phi) is 2.93. The van der Waals surface area contributed by atoms with Gasteiger partial charge in [0.25, 0.3) is 0 Å². The molecule has 0 unspecified atom stereocenters. The number of hydrogen-bond donors (Lipinski definition) is 2. The Balaban J connectivity index is 2.01. The molecule has 6 heteroatoms. The molecule has 4 rings (SSSR count). The predicted molar refractivity (Wildman–Crippen MR) is 87.3 cm³/mol. The molecule has 2 heterocycles. The van der Waals surface area contributed by atoms with E-state index in [4.69, 9.17) is 8.83 Å². The number of aromatic hydroxyl groups is 2. The topological polar surface area (TPSA) is 101 Å². The highest BCUT2D eigenvalue weighted by molar-refractivity contribution is 5.92. The summed E-state index contributed by atoms with van der Waals surface area (Å²) >= 11 is 0. The lowest BCUT2D eigenvalue weighted by atomic mass is 10.00. The van der Waals surface area contributed by atoms with Crippen molar-refractivity contribution in [2.45, 2.75) is 0 Å². The molecule has 0 radical (unpaired) electrons. The van der Waals surface area contributed by atoms with Crippen LogP contribution in [0.15, 0.2) is 67.0 Å². The highest BCUT2D eigenvalue weighted by Crippen LogP contribution is 2.39. The maximum absolute atomic E-state index is 11.3. The molecule has 0 amide bonds. The zero-order valence-corrected chi connectivity index (χ0v) is 12.1. The van der Waals surface area contributed by atoms with Crippen molar-refractivity contribution in [2.24, 2.45) is 0 Å². The van der Waals surface area contributed by atoms with Crippen LogP contribution in [0.3, 0.4) is 0 Å². The fraction of sp³-hybridized carbons (Fsp3) is 0. The smallest absolute Gasteiger partial charge is 0.336 e. The van der Waals surface area contributed by atoms with Crippen molar-refractivity contribution in [3.63, 3.8) is 0 Å². The summed E-state index contributed by atoms with van der Waals surface area (Å²) in [6, 6.07) is 11.5. The van der Waals surface area contributed by atoms with Crippen LogP contribution in [0.4, 0.5) is 0 Å². The highest BCUT2D eigenvalue weighted by atomic mass is 16.4. The first-order valence-electron chi connectivity index (χ1n) is 7.05. The second kappa shape index (κ2) is 4.99. The first-order chi connectivity index (χ1) is 11.5. The lowest BCUT2D eigenvalue weighted by molar-refractivity contribution is 0.467. The zero-order chi connectivity index (χ0) is 16.8. The van der Waals surface area contributed by atoms with Gasteiger partial charge in [-0.05, 0) is 24.3 Å². The number of phenols is 2. The van der Waals surface area contributed by atoms with Crippen LogP contribution in [0.2, 0.25) is 0 Å². The van der Waals surface area contributed by atoms with Crippen molar-refractivity contribution in [1.82, 2.24) is 0 Å². The standard InChI is InChI=1S/C18H10O6/c19-13-7-15-9(1-3-17(21)23-15)5-11(13)12-6-10-2-4-18(22)24-16(10)8-14(12)20/h1-8,19-20H. The number of hydrogen-bond acceptors (Lipinski definition) is 6. The average Bonchev–Trinajstić information content (AvgIpc) is 2.53. The molecule has 0 saturated carbocycles. The van der Waals surface area contributed by atoms with E-state index in [0.717, 1.165) is 0 Å². The number of phenolic OH excluding ortho intramolecular Hbond substituents is 2. The SMILES string of the molecule is O=c1ccc2cc(-c3cc4ccc(=O)oc4cc3O)c(O)cc2o1. The average molecular weight is 322 g/mol. The quantitative estimate of drug-likeness (QED) is 0.522. The molecular weight excluding hydrogens is 312 g/mol. The molecule has 2 N–H and O–H groups in total. The zero-order valence-electron chi connectivity index (χ0n) is 12.1. The Bertz CT molecular complexity index is 1120. The van der Waals surface area contributed by atoms with E-state index in [9.17, 15) is 19.8 Å². The molecule has 4 aromatic rings. The molecule has 0 atom stereocenters. The Hall–Kier alpha value is -3.54. The molecule has 0 spiro atoms. The summed E-state index contributed by atoms with van der Waals surface area (Å²) in [5.74, 6) is -0.298. The Morgan fingerprint density at radius 1 is 0.625 bits per heavy atom. The van der Waals surface area contributed by atoms with Crippen LogP contribution < -0.4 is 11.3 Å². The number of fused-ring (bicyclic) bond motifs is 2. The highest BCUT2D eigenvalue weighted by Gasteiger charge is 2.14. The van der Waals surface area contributed by atoms with E-state index >= 15 is 0 Å². The van der Waals surface area contributed by atoms with Crippen molar-refractivity contribution in [1.29, 1.82) is 0 Å². The maximum Gasteiger partial charge on any atom is 0.336 e. The monoisotopic (exact) mass is 322 g/mol. The fourth-order valence-electron chi connectivity index (χ4n) is 2.64. The van der Waals surface area contributed by atoms with E-state index in [-0.39, 0.29) is 22.7 Å². The molecule has 0 aliphatic rings. The van der Waals surface area contributed by atoms with Crippen molar-refractivity contribution >= 4 is 21.9 Å². The van der Waals surface area contributed by atoms with Crippen molar-refractivity contribution in [2.75, 3.05) is 0 Å². The molecule has 2 aromatic heterocycles. The van der Waals surface area contributed by atoms with Crippen molar-refractivity contribution in [3.8, 4) is 22.6 Å². The third kappa shape index (κ3) is 2.21. The van der Waals surface area contributed by atoms with E-state index in [1.807, 2.05) is 0 Å². The molecule has 0 aliphatic carbocycles. The van der Waals surface area contributed by atoms with Gasteiger partial charge >= 0.3 is 11.3 Å². The minimum Gasteiger partial charge on any atom is -0.507 e. The van der Waals surface area contributed by atoms with Gasteiger partial charge in [0.05, 0.1) is 0 Å². The first kappa shape index (κ1) is 14.1. The van der Waals surface area contributed by atoms with Crippen LogP contribution in [0.1, 0.15) is 0 Å². The summed E-state index contributed by atoms with van der Waals surface area (Å²) in [6.07, 6.45) is 0. The van der Waals surface area contributed by atoms with Gasteiger partial charge in [-0.3, -0.25) is 0 Å². The summed E-state index contributed by atoms with van der Waals surface area (Å²) in [6.45, 7) is 0. The van der Waals surface area contributed by atoms with Crippen LogP contribution in [-0.2, 0) is 0 Å². The van der Waals surface area contributed by atoms with Gasteiger partial charge in [0, 0.05) is 46.2 Å². The third-order valence-electron chi connectivity index (χ3n) is 3.77. The van der Waals surface area contributed by atoms with Crippen LogP contribution in [0.5, 0.6) is 11.5 Å². The number of rotatable bonds is 1. The molecule has 24 heavy (non-hydrogen) atoms. The second-order valence-electron chi connectivity index (χ2n) is 5.32. The Morgan fingerprint density at radius 2 is 1.04 bits per heavy atom. The van der Waals surface area contributed by atoms with E-state index in [1.165, 1.54) is 24.3 Å². The van der Waals surface area contributed by atoms with Gasteiger partial charge in [-0.25, -0.2) is 9.59 Å². The molecule has 0 saturated heterocycles. The van der Waals surface area contributed by atoms with Gasteiger partial charge in [-0.2, -0.15) is 0 Å². The van der Waals surface area contributed by atoms with Gasteiger partial charge in [0.1, 0.15) is 22.7 Å². The van der Waals surface area contributed by atoms with Crippen molar-refractivity contribution < 1.29 is 19.0 Å². The lowest BCUT2D eigenvalue weighted by Gasteiger charge is -2.09. The molecule has 0 fully saturated rings. The largest absolute Gasteiger partial charge is 0.507 e. The van der Waals surface area contributed by atoms with E-state index in [0.29, 0.717) is 21.9 Å². The van der Waals surface area contributed by atoms with Crippen LogP contribution in [0, 0.1) is 0 Å². The Morgan fingerprint density at radius 3 is 1.46 bits per heavy atom. The summed E-state index contributed by atoms with van der Waals surface area (Å²) in [5, 5.41) is 21.7. The molecule has 0 aliphatic heterocycles. The fourth-order valence-corrected chi connectivity index (χ4v) is 2.64. The Labute approximate surface area is 133 Å². The second-order valence-corrected chi connectivity index (χ2v) is 5.32. The summed E-state index contributed by atoms with van der Waals surface area (Å²) < 4.78 is 10.0. The summed E-state index contributed by atoms with van der Waals surface area (Å²) in [7, 11) is 0. The van der Waals surface area contributed by atoms with Gasteiger partial charge in [0.15, 0.2) is 0 Å². The molecule has 2 aromatic carbocycles. The maximum atomic E-state index is 11.3. The number of benzene rings is 2. The first-order valence-corrected chi connectivity index (χ1v) is 7.05. The molecule has 6 nitrogen and oxygen atoms in total. The molecular formula is C18H10O6. The summed E-state index contributed by atoms with van der Waals surface area (Å²) in [5.41, 5.74) is 0.186. The lowest BCUT2D eigenvalue weighted by Crippen LogP contribution is -1.95. The van der Waals surface area contributed by atoms with Gasteiger partial charge in [-0.1, -0.05) is 0 Å². The van der Waals surface area contributed by atoms with Gasteiger partial charge < -0.3 is 19.0 Å². The van der Waals surface area contributed by atoms with E-state index in [1.54, 1.807) is 24.3 Å². The van der Waals surface area contributed by atoms with Crippen molar-refractivity contribution in [3.05, 3.63) is 69.4 Å². The minimum atomic E-state index is -0.516. The van der Waals surface area contributed by atoms with Gasteiger partial charge in [0.2, 0.25) is 0 Å². The predicted octanol–water partition coefficient (Wildman–Crippen LogP) is 2.98. The summed E-state index contributed by atoms with van der Waals surface area (Å²) in [4.78, 5) is 22.5.